The van der Waals surface area contributed by atoms with Crippen molar-refractivity contribution >= 4 is 119 Å². The Kier molecular flexibility index (Phi) is 10.1. The second-order valence-corrected chi connectivity index (χ2v) is 22.4. The van der Waals surface area contributed by atoms with Gasteiger partial charge in [-0.1, -0.05) is 267 Å². The standard InChI is InChI=1S/C82H48O2/c1-3-23-49(24-4-1)52-43-45-66(56-29-9-7-27-54(52)56)75-58-31-11-15-35-62(58)77(63-36-16-12-32-59(63)75)70-47-51-48-71(82-80(69-40-20-22-42-73(69)84-82)74(51)79-68-39-19-21-41-72(68)83-81(70)79)78-64-37-17-13-33-60(64)76(61-34-14-18-38-65(61)78)67-46-44-53(50-25-5-2-6-26-50)55-28-8-10-30-57(55)67/h1-48H. The van der Waals surface area contributed by atoms with Crippen molar-refractivity contribution in [2.45, 2.75) is 0 Å². The van der Waals surface area contributed by atoms with Crippen LogP contribution in [0.3, 0.4) is 0 Å². The van der Waals surface area contributed by atoms with Crippen LogP contribution in [0, 0.1) is 0 Å². The van der Waals surface area contributed by atoms with Gasteiger partial charge in [0.25, 0.3) is 0 Å². The third kappa shape index (κ3) is 6.74. The molecule has 2 heteroatoms. The first-order valence-electron chi connectivity index (χ1n) is 29.0. The summed E-state index contributed by atoms with van der Waals surface area (Å²) in [7, 11) is 0. The lowest BCUT2D eigenvalue weighted by molar-refractivity contribution is 0.670. The van der Waals surface area contributed by atoms with Crippen LogP contribution in [0.15, 0.2) is 300 Å². The zero-order valence-corrected chi connectivity index (χ0v) is 45.5. The van der Waals surface area contributed by atoms with Gasteiger partial charge in [0.15, 0.2) is 0 Å². The van der Waals surface area contributed by atoms with E-state index >= 15 is 0 Å². The maximum atomic E-state index is 7.33. The fourth-order valence-electron chi connectivity index (χ4n) is 14.6. The molecule has 18 aromatic rings. The van der Waals surface area contributed by atoms with Gasteiger partial charge in [-0.25, -0.2) is 0 Å². The molecule has 18 rings (SSSR count). The van der Waals surface area contributed by atoms with Crippen LogP contribution in [-0.4, -0.2) is 0 Å². The molecule has 0 atom stereocenters. The van der Waals surface area contributed by atoms with Crippen molar-refractivity contribution in [1.82, 2.24) is 0 Å². The topological polar surface area (TPSA) is 26.3 Å². The predicted molar refractivity (Wildman–Crippen MR) is 356 cm³/mol. The lowest BCUT2D eigenvalue weighted by Crippen LogP contribution is -1.94. The van der Waals surface area contributed by atoms with E-state index in [1.165, 1.54) is 87.6 Å². The highest BCUT2D eigenvalue weighted by Gasteiger charge is 2.28. The summed E-state index contributed by atoms with van der Waals surface area (Å²) in [5, 5.41) is 20.8. The van der Waals surface area contributed by atoms with Gasteiger partial charge >= 0.3 is 0 Å². The molecule has 0 aliphatic rings. The van der Waals surface area contributed by atoms with Crippen LogP contribution >= 0.6 is 0 Å². The summed E-state index contributed by atoms with van der Waals surface area (Å²) in [5.74, 6) is 0. The molecule has 0 spiro atoms. The second kappa shape index (κ2) is 18.2. The summed E-state index contributed by atoms with van der Waals surface area (Å²) in [4.78, 5) is 0. The number of benzene rings is 16. The van der Waals surface area contributed by atoms with Crippen LogP contribution in [0.1, 0.15) is 0 Å². The van der Waals surface area contributed by atoms with E-state index in [1.54, 1.807) is 0 Å². The summed E-state index contributed by atoms with van der Waals surface area (Å²) in [5.41, 5.74) is 17.5. The van der Waals surface area contributed by atoms with Crippen molar-refractivity contribution in [3.05, 3.63) is 291 Å². The molecule has 0 aliphatic carbocycles. The third-order valence-corrected chi connectivity index (χ3v) is 18.0. The van der Waals surface area contributed by atoms with Gasteiger partial charge in [0.05, 0.1) is 0 Å². The minimum atomic E-state index is 0.846. The zero-order valence-electron chi connectivity index (χ0n) is 45.5. The van der Waals surface area contributed by atoms with Crippen molar-refractivity contribution in [3.8, 4) is 66.8 Å². The highest BCUT2D eigenvalue weighted by atomic mass is 16.3. The van der Waals surface area contributed by atoms with Gasteiger partial charge < -0.3 is 8.83 Å². The largest absolute Gasteiger partial charge is 0.455 e. The predicted octanol–water partition coefficient (Wildman–Crippen LogP) is 23.6. The Balaban J connectivity index is 0.959. The molecule has 0 saturated heterocycles. The average molecular weight is 1070 g/mol. The van der Waals surface area contributed by atoms with Crippen LogP contribution in [-0.2, 0) is 0 Å². The summed E-state index contributed by atoms with van der Waals surface area (Å²) in [6, 6.07) is 107. The quantitative estimate of drug-likeness (QED) is 0.155. The Labute approximate surface area is 483 Å². The maximum Gasteiger partial charge on any atom is 0.143 e. The fourth-order valence-corrected chi connectivity index (χ4v) is 14.6. The van der Waals surface area contributed by atoms with E-state index < -0.39 is 0 Å². The first-order chi connectivity index (χ1) is 41.7. The average Bonchev–Trinajstić information content (AvgIpc) is 4.19. The van der Waals surface area contributed by atoms with E-state index in [2.05, 4.69) is 291 Å². The molecule has 0 amide bonds. The second-order valence-electron chi connectivity index (χ2n) is 22.4. The first-order valence-corrected chi connectivity index (χ1v) is 29.0. The summed E-state index contributed by atoms with van der Waals surface area (Å²) < 4.78 is 14.7. The molecular weight excluding hydrogens is 1020 g/mol. The van der Waals surface area contributed by atoms with Gasteiger partial charge in [0.2, 0.25) is 0 Å². The number of fused-ring (bicyclic) bond motifs is 15. The van der Waals surface area contributed by atoms with Crippen LogP contribution in [0.25, 0.3) is 186 Å². The minimum Gasteiger partial charge on any atom is -0.455 e. The van der Waals surface area contributed by atoms with Crippen molar-refractivity contribution in [1.29, 1.82) is 0 Å². The molecule has 0 bridgehead atoms. The molecule has 0 aliphatic heterocycles. The normalized spacial score (nSPS) is 12.0. The smallest absolute Gasteiger partial charge is 0.143 e. The van der Waals surface area contributed by atoms with Gasteiger partial charge in [-0.05, 0) is 139 Å². The molecule has 2 heterocycles. The number of para-hydroxylation sites is 2. The van der Waals surface area contributed by atoms with Gasteiger partial charge in [0, 0.05) is 49.2 Å². The van der Waals surface area contributed by atoms with E-state index in [0.29, 0.717) is 0 Å². The molecule has 388 valence electrons. The lowest BCUT2D eigenvalue weighted by atomic mass is 9.82. The lowest BCUT2D eigenvalue weighted by Gasteiger charge is -2.21. The summed E-state index contributed by atoms with van der Waals surface area (Å²) >= 11 is 0. The highest BCUT2D eigenvalue weighted by molar-refractivity contribution is 6.38. The van der Waals surface area contributed by atoms with E-state index in [-0.39, 0.29) is 0 Å². The van der Waals surface area contributed by atoms with Crippen LogP contribution < -0.4 is 0 Å². The summed E-state index contributed by atoms with van der Waals surface area (Å²) in [6.07, 6.45) is 0. The van der Waals surface area contributed by atoms with Crippen molar-refractivity contribution < 1.29 is 8.83 Å². The zero-order chi connectivity index (χ0) is 55.0. The SMILES string of the molecule is c1ccc(-c2ccc(-c3c4ccccc4c(-c4cc5cc(-c6c7ccccc7c(-c7ccc(-c8ccccc8)c8ccccc78)c7ccccc67)c6oc7ccccc7c6c5c5c4oc4ccccc45)c4ccccc34)c3ccccc23)cc1. The monoisotopic (exact) mass is 1060 g/mol. The van der Waals surface area contributed by atoms with Crippen LogP contribution in [0.2, 0.25) is 0 Å². The molecule has 0 unspecified atom stereocenters. The Morgan fingerprint density at radius 1 is 0.179 bits per heavy atom. The molecule has 0 N–H and O–H groups in total. The number of rotatable bonds is 6. The molecule has 16 aromatic carbocycles. The van der Waals surface area contributed by atoms with Gasteiger partial charge in [-0.15, -0.1) is 0 Å². The molecule has 0 saturated carbocycles. The number of hydrogen-bond donors (Lipinski definition) is 0. The molecule has 2 nitrogen and oxygen atoms in total. The first kappa shape index (κ1) is 46.7. The third-order valence-electron chi connectivity index (χ3n) is 18.0. The van der Waals surface area contributed by atoms with Crippen molar-refractivity contribution in [3.63, 3.8) is 0 Å². The maximum absolute atomic E-state index is 7.33. The van der Waals surface area contributed by atoms with Gasteiger partial charge in [-0.2, -0.15) is 0 Å². The Morgan fingerprint density at radius 3 is 0.762 bits per heavy atom. The van der Waals surface area contributed by atoms with Crippen LogP contribution in [0.5, 0.6) is 0 Å². The van der Waals surface area contributed by atoms with Gasteiger partial charge in [0.1, 0.15) is 22.3 Å². The minimum absolute atomic E-state index is 0.846. The Hall–Kier alpha value is -11.1. The number of furan rings is 2. The Bertz CT molecular complexity index is 5320. The number of hydrogen-bond acceptors (Lipinski definition) is 2. The van der Waals surface area contributed by atoms with E-state index in [0.717, 1.165) is 98.4 Å². The van der Waals surface area contributed by atoms with Gasteiger partial charge in [-0.3, -0.25) is 0 Å². The molecule has 84 heavy (non-hydrogen) atoms. The molecule has 0 fully saturated rings. The molecule has 2 aromatic heterocycles. The van der Waals surface area contributed by atoms with Crippen molar-refractivity contribution in [2.24, 2.45) is 0 Å². The van der Waals surface area contributed by atoms with E-state index in [1.807, 2.05) is 0 Å². The fraction of sp³-hybridized carbons (Fsp3) is 0. The highest BCUT2D eigenvalue weighted by Crippen LogP contribution is 2.55. The molecular formula is C82H48O2. The van der Waals surface area contributed by atoms with E-state index in [4.69, 9.17) is 8.83 Å². The van der Waals surface area contributed by atoms with Crippen molar-refractivity contribution in [2.75, 3.05) is 0 Å². The molecule has 0 radical (unpaired) electrons. The van der Waals surface area contributed by atoms with Crippen LogP contribution in [0.4, 0.5) is 0 Å². The Morgan fingerprint density at radius 2 is 0.429 bits per heavy atom. The van der Waals surface area contributed by atoms with E-state index in [9.17, 15) is 0 Å². The summed E-state index contributed by atoms with van der Waals surface area (Å²) in [6.45, 7) is 0.